The number of hydrogen-bond donors (Lipinski definition) is 1. The summed E-state index contributed by atoms with van der Waals surface area (Å²) in [4.78, 5) is 12.4. The van der Waals surface area contributed by atoms with Crippen LogP contribution in [0.1, 0.15) is 12.7 Å². The molecule has 0 saturated heterocycles. The molecule has 1 N–H and O–H groups in total. The SMILES string of the molecule is COc1ccc(-c2ccc3nnc(CNC(=O)[C@@H](C)Oc4ccc(Cl)cc4)n3n2)cc1. The fraction of sp³-hybridized carbons (Fsp3) is 0.182. The lowest BCUT2D eigenvalue weighted by atomic mass is 10.1. The van der Waals surface area contributed by atoms with Crippen LogP contribution in [0, 0.1) is 0 Å². The summed E-state index contributed by atoms with van der Waals surface area (Å²) >= 11 is 5.87. The third-order valence-electron chi connectivity index (χ3n) is 4.63. The third kappa shape index (κ3) is 4.75. The molecule has 158 valence electrons. The summed E-state index contributed by atoms with van der Waals surface area (Å²) in [6, 6.07) is 18.1. The first kappa shape index (κ1) is 20.6. The number of amides is 1. The average molecular weight is 438 g/mol. The molecule has 0 aliphatic heterocycles. The summed E-state index contributed by atoms with van der Waals surface area (Å²) in [7, 11) is 1.62. The second-order valence-corrected chi connectivity index (χ2v) is 7.20. The number of fused-ring (bicyclic) bond motifs is 1. The van der Waals surface area contributed by atoms with Gasteiger partial charge in [0.25, 0.3) is 5.91 Å². The van der Waals surface area contributed by atoms with Crippen molar-refractivity contribution < 1.29 is 14.3 Å². The Morgan fingerprint density at radius 3 is 2.45 bits per heavy atom. The lowest BCUT2D eigenvalue weighted by molar-refractivity contribution is -0.127. The number of hydrogen-bond acceptors (Lipinski definition) is 6. The van der Waals surface area contributed by atoms with E-state index in [1.165, 1.54) is 0 Å². The van der Waals surface area contributed by atoms with E-state index in [2.05, 4.69) is 20.6 Å². The standard InChI is InChI=1S/C22H20ClN5O3/c1-14(31-18-9-5-16(23)6-10-18)22(29)24-13-21-26-25-20-12-11-19(27-28(20)21)15-3-7-17(30-2)8-4-15/h3-12,14H,13H2,1-2H3,(H,24,29)/t14-/m1/s1. The summed E-state index contributed by atoms with van der Waals surface area (Å²) in [5.41, 5.74) is 2.27. The Balaban J connectivity index is 1.45. The van der Waals surface area contributed by atoms with Gasteiger partial charge in [-0.1, -0.05) is 11.6 Å². The minimum Gasteiger partial charge on any atom is -0.497 e. The Kier molecular flexibility index (Phi) is 5.99. The van der Waals surface area contributed by atoms with Crippen LogP contribution in [0.2, 0.25) is 5.02 Å². The van der Waals surface area contributed by atoms with Gasteiger partial charge in [0.2, 0.25) is 0 Å². The second-order valence-electron chi connectivity index (χ2n) is 6.77. The highest BCUT2D eigenvalue weighted by Crippen LogP contribution is 2.21. The van der Waals surface area contributed by atoms with Gasteiger partial charge in [0.15, 0.2) is 17.6 Å². The van der Waals surface area contributed by atoms with Gasteiger partial charge < -0.3 is 14.8 Å². The van der Waals surface area contributed by atoms with E-state index in [9.17, 15) is 4.79 Å². The smallest absolute Gasteiger partial charge is 0.261 e. The molecule has 0 aliphatic carbocycles. The van der Waals surface area contributed by atoms with Crippen molar-refractivity contribution in [3.63, 3.8) is 0 Å². The fourth-order valence-corrected chi connectivity index (χ4v) is 3.07. The van der Waals surface area contributed by atoms with E-state index >= 15 is 0 Å². The number of nitrogens with zero attached hydrogens (tertiary/aromatic N) is 4. The number of methoxy groups -OCH3 is 1. The Morgan fingerprint density at radius 2 is 1.74 bits per heavy atom. The monoisotopic (exact) mass is 437 g/mol. The van der Waals surface area contributed by atoms with Crippen LogP contribution in [0.25, 0.3) is 16.9 Å². The van der Waals surface area contributed by atoms with Crippen molar-refractivity contribution in [3.8, 4) is 22.8 Å². The Labute approximate surface area is 183 Å². The number of ether oxygens (including phenoxy) is 2. The summed E-state index contributed by atoms with van der Waals surface area (Å²) in [6.07, 6.45) is -0.691. The number of aromatic nitrogens is 4. The number of carbonyl (C=O) groups is 1. The Bertz CT molecular complexity index is 1190. The molecule has 1 amide bonds. The lowest BCUT2D eigenvalue weighted by Gasteiger charge is -2.14. The molecule has 0 saturated carbocycles. The molecule has 0 bridgehead atoms. The number of benzene rings is 2. The normalized spacial score (nSPS) is 11.8. The predicted molar refractivity (Wildman–Crippen MR) is 116 cm³/mol. The molecule has 1 atom stereocenters. The quantitative estimate of drug-likeness (QED) is 0.475. The zero-order valence-corrected chi connectivity index (χ0v) is 17.7. The Hall–Kier alpha value is -3.65. The van der Waals surface area contributed by atoms with Crippen LogP contribution >= 0.6 is 11.6 Å². The van der Waals surface area contributed by atoms with Gasteiger partial charge in [0.05, 0.1) is 19.3 Å². The van der Waals surface area contributed by atoms with Gasteiger partial charge in [-0.05, 0) is 67.6 Å². The highest BCUT2D eigenvalue weighted by Gasteiger charge is 2.16. The van der Waals surface area contributed by atoms with Crippen molar-refractivity contribution in [2.75, 3.05) is 7.11 Å². The first-order chi connectivity index (χ1) is 15.0. The van der Waals surface area contributed by atoms with E-state index in [0.29, 0.717) is 22.2 Å². The summed E-state index contributed by atoms with van der Waals surface area (Å²) in [6.45, 7) is 1.83. The van der Waals surface area contributed by atoms with E-state index < -0.39 is 6.10 Å². The van der Waals surface area contributed by atoms with Gasteiger partial charge in [-0.2, -0.15) is 9.61 Å². The molecule has 0 aliphatic rings. The lowest BCUT2D eigenvalue weighted by Crippen LogP contribution is -2.36. The summed E-state index contributed by atoms with van der Waals surface area (Å²) < 4.78 is 12.5. The fourth-order valence-electron chi connectivity index (χ4n) is 2.94. The molecule has 2 aromatic carbocycles. The van der Waals surface area contributed by atoms with Crippen molar-refractivity contribution in [3.05, 3.63) is 71.5 Å². The molecular weight excluding hydrogens is 418 g/mol. The topological polar surface area (TPSA) is 90.6 Å². The van der Waals surface area contributed by atoms with E-state index in [1.54, 1.807) is 42.8 Å². The van der Waals surface area contributed by atoms with Gasteiger partial charge in [0.1, 0.15) is 11.5 Å². The van der Waals surface area contributed by atoms with Crippen LogP contribution in [0.5, 0.6) is 11.5 Å². The van der Waals surface area contributed by atoms with Crippen molar-refractivity contribution in [2.45, 2.75) is 19.6 Å². The number of halogens is 1. The van der Waals surface area contributed by atoms with Crippen LogP contribution < -0.4 is 14.8 Å². The first-order valence-electron chi connectivity index (χ1n) is 9.59. The van der Waals surface area contributed by atoms with E-state index in [0.717, 1.165) is 17.0 Å². The van der Waals surface area contributed by atoms with Crippen LogP contribution in [0.4, 0.5) is 0 Å². The highest BCUT2D eigenvalue weighted by molar-refractivity contribution is 6.30. The molecule has 2 heterocycles. The molecule has 0 radical (unpaired) electrons. The molecular formula is C22H20ClN5O3. The van der Waals surface area contributed by atoms with Gasteiger partial charge in [0, 0.05) is 10.6 Å². The van der Waals surface area contributed by atoms with Gasteiger partial charge in [-0.3, -0.25) is 4.79 Å². The molecule has 4 aromatic rings. The van der Waals surface area contributed by atoms with Crippen molar-refractivity contribution in [1.82, 2.24) is 25.1 Å². The Morgan fingerprint density at radius 1 is 1.03 bits per heavy atom. The third-order valence-corrected chi connectivity index (χ3v) is 4.88. The largest absolute Gasteiger partial charge is 0.497 e. The minimum absolute atomic E-state index is 0.160. The molecule has 0 unspecified atom stereocenters. The maximum Gasteiger partial charge on any atom is 0.261 e. The molecule has 31 heavy (non-hydrogen) atoms. The molecule has 8 nitrogen and oxygen atoms in total. The summed E-state index contributed by atoms with van der Waals surface area (Å²) in [5, 5.41) is 16.3. The maximum atomic E-state index is 12.4. The van der Waals surface area contributed by atoms with Crippen molar-refractivity contribution >= 4 is 23.2 Å². The van der Waals surface area contributed by atoms with Gasteiger partial charge in [-0.25, -0.2) is 0 Å². The van der Waals surface area contributed by atoms with E-state index in [1.807, 2.05) is 36.4 Å². The average Bonchev–Trinajstić information content (AvgIpc) is 3.21. The van der Waals surface area contributed by atoms with E-state index in [4.69, 9.17) is 21.1 Å². The minimum atomic E-state index is -0.691. The van der Waals surface area contributed by atoms with Crippen molar-refractivity contribution in [1.29, 1.82) is 0 Å². The molecule has 4 rings (SSSR count). The maximum absolute atomic E-state index is 12.4. The summed E-state index contributed by atoms with van der Waals surface area (Å²) in [5.74, 6) is 1.56. The zero-order chi connectivity index (χ0) is 21.8. The van der Waals surface area contributed by atoms with Crippen LogP contribution in [-0.2, 0) is 11.3 Å². The second kappa shape index (κ2) is 9.01. The first-order valence-corrected chi connectivity index (χ1v) is 9.97. The van der Waals surface area contributed by atoms with Crippen LogP contribution in [0.3, 0.4) is 0 Å². The van der Waals surface area contributed by atoms with Gasteiger partial charge in [-0.15, -0.1) is 10.2 Å². The highest BCUT2D eigenvalue weighted by atomic mass is 35.5. The number of nitrogens with one attached hydrogen (secondary N) is 1. The molecule has 9 heteroatoms. The van der Waals surface area contributed by atoms with Gasteiger partial charge >= 0.3 is 0 Å². The molecule has 0 spiro atoms. The molecule has 2 aromatic heterocycles. The van der Waals surface area contributed by atoms with Crippen LogP contribution in [-0.4, -0.2) is 38.9 Å². The van der Waals surface area contributed by atoms with Crippen LogP contribution in [0.15, 0.2) is 60.7 Å². The van der Waals surface area contributed by atoms with E-state index in [-0.39, 0.29) is 12.5 Å². The predicted octanol–water partition coefficient (Wildman–Crippen LogP) is 3.54. The number of carbonyl (C=O) groups excluding carboxylic acids is 1. The number of rotatable bonds is 7. The zero-order valence-electron chi connectivity index (χ0n) is 16.9. The van der Waals surface area contributed by atoms with Crippen molar-refractivity contribution in [2.24, 2.45) is 0 Å². The molecule has 0 fully saturated rings.